The number of halogens is 2. The van der Waals surface area contributed by atoms with E-state index >= 15 is 0 Å². The summed E-state index contributed by atoms with van der Waals surface area (Å²) in [5.74, 6) is -1.22. The second-order valence-corrected chi connectivity index (χ2v) is 3.59. The van der Waals surface area contributed by atoms with Gasteiger partial charge in [0.05, 0.1) is 11.0 Å². The number of aliphatic carboxylic acids is 1. The largest absolute Gasteiger partial charge is 0.545 e. The highest BCUT2D eigenvalue weighted by Crippen LogP contribution is 2.23. The number of carboxylic acids is 1. The monoisotopic (exact) mass is 259 g/mol. The Kier molecular flexibility index (Phi) is 3.51. The first-order chi connectivity index (χ1) is 6.09. The summed E-state index contributed by atoms with van der Waals surface area (Å²) in [7, 11) is 0. The normalized spacial score (nSPS) is 10.6. The molecule has 0 N–H and O–H groups in total. The second kappa shape index (κ2) is 4.44. The maximum atomic E-state index is 10.1. The Morgan fingerprint density at radius 1 is 1.54 bits per heavy atom. The van der Waals surface area contributed by atoms with Crippen LogP contribution < -0.4 is 5.11 Å². The first kappa shape index (κ1) is 10.3. The van der Waals surface area contributed by atoms with Crippen molar-refractivity contribution in [3.63, 3.8) is 0 Å². The quantitative estimate of drug-likeness (QED) is 0.762. The van der Waals surface area contributed by atoms with Crippen molar-refractivity contribution < 1.29 is 9.90 Å². The summed E-state index contributed by atoms with van der Waals surface area (Å²) in [4.78, 5) is 10.1. The molecule has 0 aliphatic rings. The summed E-state index contributed by atoms with van der Waals surface area (Å²) in [6.45, 7) is 0. The van der Waals surface area contributed by atoms with Gasteiger partial charge in [-0.15, -0.1) is 0 Å². The molecule has 0 aliphatic heterocycles. The molecule has 0 unspecified atom stereocenters. The van der Waals surface area contributed by atoms with Crippen LogP contribution in [-0.4, -0.2) is 5.97 Å². The molecular formula is C9H5BrClO2-. The second-order valence-electron chi connectivity index (χ2n) is 2.33. The Balaban J connectivity index is 2.92. The van der Waals surface area contributed by atoms with E-state index < -0.39 is 5.97 Å². The summed E-state index contributed by atoms with van der Waals surface area (Å²) in [5, 5.41) is 10.6. The number of benzene rings is 1. The SMILES string of the molecule is O=C([O-])/C=C/c1ccc(Br)c(Cl)c1. The van der Waals surface area contributed by atoms with Gasteiger partial charge in [-0.05, 0) is 39.7 Å². The molecule has 0 saturated heterocycles. The molecule has 0 aliphatic carbocycles. The molecule has 0 aromatic heterocycles. The molecule has 1 rings (SSSR count). The molecule has 0 fully saturated rings. The van der Waals surface area contributed by atoms with Crippen molar-refractivity contribution in [3.05, 3.63) is 39.3 Å². The average molecular weight is 260 g/mol. The predicted octanol–water partition coefficient (Wildman–Crippen LogP) is 1.87. The third-order valence-corrected chi connectivity index (χ3v) is 2.59. The van der Waals surface area contributed by atoms with Gasteiger partial charge < -0.3 is 9.90 Å². The zero-order chi connectivity index (χ0) is 9.84. The molecule has 1 aromatic carbocycles. The maximum absolute atomic E-state index is 10.1. The van der Waals surface area contributed by atoms with E-state index in [1.165, 1.54) is 6.08 Å². The van der Waals surface area contributed by atoms with Gasteiger partial charge in [-0.2, -0.15) is 0 Å². The van der Waals surface area contributed by atoms with Gasteiger partial charge in [0.2, 0.25) is 0 Å². The summed E-state index contributed by atoms with van der Waals surface area (Å²) < 4.78 is 0.778. The Morgan fingerprint density at radius 2 is 2.23 bits per heavy atom. The van der Waals surface area contributed by atoms with Crippen LogP contribution in [0.4, 0.5) is 0 Å². The van der Waals surface area contributed by atoms with E-state index in [-0.39, 0.29) is 0 Å². The van der Waals surface area contributed by atoms with Crippen LogP contribution in [0.1, 0.15) is 5.56 Å². The summed E-state index contributed by atoms with van der Waals surface area (Å²) in [6.07, 6.45) is 2.38. The number of rotatable bonds is 2. The van der Waals surface area contributed by atoms with Gasteiger partial charge in [-0.3, -0.25) is 0 Å². The van der Waals surface area contributed by atoms with Crippen LogP contribution >= 0.6 is 27.5 Å². The Bertz CT molecular complexity index is 361. The van der Waals surface area contributed by atoms with Gasteiger partial charge in [0.15, 0.2) is 0 Å². The fourth-order valence-corrected chi connectivity index (χ4v) is 1.22. The zero-order valence-electron chi connectivity index (χ0n) is 6.46. The van der Waals surface area contributed by atoms with Crippen LogP contribution in [0.15, 0.2) is 28.7 Å². The fourth-order valence-electron chi connectivity index (χ4n) is 0.780. The summed E-state index contributed by atoms with van der Waals surface area (Å²) in [6, 6.07) is 5.15. The number of carbonyl (C=O) groups excluding carboxylic acids is 1. The molecule has 1 aromatic rings. The topological polar surface area (TPSA) is 40.1 Å². The minimum atomic E-state index is -1.22. The highest BCUT2D eigenvalue weighted by atomic mass is 79.9. The van der Waals surface area contributed by atoms with Crippen molar-refractivity contribution in [2.45, 2.75) is 0 Å². The average Bonchev–Trinajstić information content (AvgIpc) is 2.07. The summed E-state index contributed by atoms with van der Waals surface area (Å²) in [5.41, 5.74) is 0.720. The number of carboxylic acid groups (broad SMARTS) is 1. The highest BCUT2D eigenvalue weighted by molar-refractivity contribution is 9.10. The van der Waals surface area contributed by atoms with E-state index in [1.807, 2.05) is 0 Å². The van der Waals surface area contributed by atoms with Crippen molar-refractivity contribution >= 4 is 39.6 Å². The molecule has 4 heteroatoms. The van der Waals surface area contributed by atoms with Gasteiger partial charge >= 0.3 is 0 Å². The van der Waals surface area contributed by atoms with Crippen molar-refractivity contribution in [2.24, 2.45) is 0 Å². The molecule has 0 spiro atoms. The minimum Gasteiger partial charge on any atom is -0.545 e. The molecule has 0 atom stereocenters. The molecule has 0 heterocycles. The van der Waals surface area contributed by atoms with E-state index in [4.69, 9.17) is 11.6 Å². The Morgan fingerprint density at radius 3 is 2.77 bits per heavy atom. The number of hydrogen-bond acceptors (Lipinski definition) is 2. The molecule has 2 nitrogen and oxygen atoms in total. The predicted molar refractivity (Wildman–Crippen MR) is 53.2 cm³/mol. The van der Waals surface area contributed by atoms with E-state index in [0.717, 1.165) is 16.1 Å². The molecule has 13 heavy (non-hydrogen) atoms. The van der Waals surface area contributed by atoms with E-state index in [2.05, 4.69) is 15.9 Å². The lowest BCUT2D eigenvalue weighted by molar-refractivity contribution is -0.297. The maximum Gasteiger partial charge on any atom is 0.0643 e. The fraction of sp³-hybridized carbons (Fsp3) is 0. The molecule has 0 amide bonds. The van der Waals surface area contributed by atoms with Crippen LogP contribution in [0.25, 0.3) is 6.08 Å². The van der Waals surface area contributed by atoms with Crippen LogP contribution in [0.2, 0.25) is 5.02 Å². The van der Waals surface area contributed by atoms with Gasteiger partial charge in [-0.25, -0.2) is 0 Å². The van der Waals surface area contributed by atoms with Gasteiger partial charge in [-0.1, -0.05) is 23.7 Å². The molecule has 0 saturated carbocycles. The molecule has 68 valence electrons. The zero-order valence-corrected chi connectivity index (χ0v) is 8.80. The van der Waals surface area contributed by atoms with Gasteiger partial charge in [0.25, 0.3) is 0 Å². The van der Waals surface area contributed by atoms with Crippen molar-refractivity contribution in [2.75, 3.05) is 0 Å². The third-order valence-electron chi connectivity index (χ3n) is 1.36. The standard InChI is InChI=1S/C9H6BrClO2/c10-7-3-1-6(5-8(7)11)2-4-9(12)13/h1-5H,(H,12,13)/p-1/b4-2+. The lowest BCUT2D eigenvalue weighted by atomic mass is 10.2. The van der Waals surface area contributed by atoms with Crippen LogP contribution in [-0.2, 0) is 4.79 Å². The van der Waals surface area contributed by atoms with Crippen LogP contribution in [0.5, 0.6) is 0 Å². The highest BCUT2D eigenvalue weighted by Gasteiger charge is 1.95. The van der Waals surface area contributed by atoms with Crippen LogP contribution in [0, 0.1) is 0 Å². The van der Waals surface area contributed by atoms with Crippen molar-refractivity contribution in [3.8, 4) is 0 Å². The first-order valence-corrected chi connectivity index (χ1v) is 4.61. The molecule has 0 radical (unpaired) electrons. The van der Waals surface area contributed by atoms with E-state index in [0.29, 0.717) is 5.02 Å². The third kappa shape index (κ3) is 3.20. The summed E-state index contributed by atoms with van der Waals surface area (Å²) >= 11 is 9.01. The van der Waals surface area contributed by atoms with Gasteiger partial charge in [0.1, 0.15) is 0 Å². The van der Waals surface area contributed by atoms with Crippen LogP contribution in [0.3, 0.4) is 0 Å². The van der Waals surface area contributed by atoms with E-state index in [1.54, 1.807) is 18.2 Å². The smallest absolute Gasteiger partial charge is 0.0643 e. The van der Waals surface area contributed by atoms with Gasteiger partial charge in [0, 0.05) is 4.47 Å². The number of carbonyl (C=O) groups is 1. The molecule has 0 bridgehead atoms. The first-order valence-electron chi connectivity index (χ1n) is 3.43. The number of hydrogen-bond donors (Lipinski definition) is 0. The van der Waals surface area contributed by atoms with Crippen molar-refractivity contribution in [1.82, 2.24) is 0 Å². The Hall–Kier alpha value is -0.800. The van der Waals surface area contributed by atoms with Crippen molar-refractivity contribution in [1.29, 1.82) is 0 Å². The lowest BCUT2D eigenvalue weighted by Gasteiger charge is -1.97. The lowest BCUT2D eigenvalue weighted by Crippen LogP contribution is -2.18. The van der Waals surface area contributed by atoms with E-state index in [9.17, 15) is 9.90 Å². The minimum absolute atomic E-state index is 0.542. The Labute approximate surface area is 89.0 Å². The molecular weight excluding hydrogens is 255 g/mol.